The zero-order valence-corrected chi connectivity index (χ0v) is 22.0. The third-order valence-electron chi connectivity index (χ3n) is 6.17. The third-order valence-corrected chi connectivity index (χ3v) is 6.17. The summed E-state index contributed by atoms with van der Waals surface area (Å²) in [5.41, 5.74) is 1.03. The predicted octanol–water partition coefficient (Wildman–Crippen LogP) is 2.05. The molecule has 2 atom stereocenters. The number of halogens is 1. The molecule has 1 aliphatic rings. The Hall–Kier alpha value is -3.95. The van der Waals surface area contributed by atoms with Gasteiger partial charge in [-0.25, -0.2) is 4.39 Å². The van der Waals surface area contributed by atoms with Gasteiger partial charge in [0.25, 0.3) is 5.91 Å². The number of rotatable bonds is 6. The van der Waals surface area contributed by atoms with Crippen molar-refractivity contribution in [2.45, 2.75) is 45.2 Å². The summed E-state index contributed by atoms with van der Waals surface area (Å²) < 4.78 is 19.0. The van der Waals surface area contributed by atoms with Crippen LogP contribution in [0.1, 0.15) is 42.6 Å². The van der Waals surface area contributed by atoms with Gasteiger partial charge in [-0.3, -0.25) is 19.2 Å². The first-order valence-electron chi connectivity index (χ1n) is 12.7. The largest absolute Gasteiger partial charge is 0.491 e. The highest BCUT2D eigenvalue weighted by Crippen LogP contribution is 2.19. The zero-order valence-electron chi connectivity index (χ0n) is 22.0. The minimum Gasteiger partial charge on any atom is -0.491 e. The summed E-state index contributed by atoms with van der Waals surface area (Å²) in [5.74, 6) is -1.82. The lowest BCUT2D eigenvalue weighted by atomic mass is 10.0. The third kappa shape index (κ3) is 8.29. The number of carbonyl (C=O) groups is 4. The van der Waals surface area contributed by atoms with Crippen molar-refractivity contribution in [1.82, 2.24) is 20.9 Å². The number of hydrogen-bond acceptors (Lipinski definition) is 5. The molecule has 10 heteroatoms. The van der Waals surface area contributed by atoms with Gasteiger partial charge < -0.3 is 25.6 Å². The zero-order chi connectivity index (χ0) is 27.7. The van der Waals surface area contributed by atoms with E-state index in [1.165, 1.54) is 17.0 Å². The molecule has 0 saturated carbocycles. The first kappa shape index (κ1) is 28.6. The van der Waals surface area contributed by atoms with E-state index in [-0.39, 0.29) is 49.3 Å². The van der Waals surface area contributed by atoms with Crippen LogP contribution in [0.25, 0.3) is 0 Å². The molecule has 204 valence electrons. The average Bonchev–Trinajstić information content (AvgIpc) is 2.88. The smallest absolute Gasteiger partial charge is 0.255 e. The van der Waals surface area contributed by atoms with Crippen molar-refractivity contribution in [3.05, 3.63) is 65.5 Å². The van der Waals surface area contributed by atoms with Crippen LogP contribution in [0, 0.1) is 11.7 Å². The minimum absolute atomic E-state index is 0.130. The fourth-order valence-corrected chi connectivity index (χ4v) is 4.13. The summed E-state index contributed by atoms with van der Waals surface area (Å²) >= 11 is 0. The summed E-state index contributed by atoms with van der Waals surface area (Å²) in [6, 6.07) is 10.5. The molecule has 1 aliphatic heterocycles. The highest BCUT2D eigenvalue weighted by atomic mass is 19.1. The van der Waals surface area contributed by atoms with E-state index in [2.05, 4.69) is 16.0 Å². The van der Waals surface area contributed by atoms with Crippen LogP contribution >= 0.6 is 0 Å². The molecule has 3 rings (SSSR count). The van der Waals surface area contributed by atoms with Crippen LogP contribution in [-0.4, -0.2) is 67.4 Å². The fraction of sp³-hybridized carbons (Fsp3) is 0.429. The number of ether oxygens (including phenoxy) is 1. The van der Waals surface area contributed by atoms with Crippen molar-refractivity contribution in [3.8, 4) is 5.75 Å². The second-order valence-corrected chi connectivity index (χ2v) is 9.75. The summed E-state index contributed by atoms with van der Waals surface area (Å²) in [4.78, 5) is 53.8. The van der Waals surface area contributed by atoms with E-state index >= 15 is 0 Å². The second-order valence-electron chi connectivity index (χ2n) is 9.75. The number of benzene rings is 2. The van der Waals surface area contributed by atoms with E-state index in [1.54, 1.807) is 43.4 Å². The second kappa shape index (κ2) is 13.6. The van der Waals surface area contributed by atoms with Gasteiger partial charge in [-0.2, -0.15) is 0 Å². The van der Waals surface area contributed by atoms with Gasteiger partial charge in [0.2, 0.25) is 17.7 Å². The molecule has 0 unspecified atom stereocenters. The van der Waals surface area contributed by atoms with E-state index < -0.39 is 29.8 Å². The number of nitrogens with zero attached hydrogens (tertiary/aromatic N) is 1. The lowest BCUT2D eigenvalue weighted by Gasteiger charge is -2.27. The molecule has 0 bridgehead atoms. The maximum Gasteiger partial charge on any atom is 0.255 e. The maximum absolute atomic E-state index is 13.2. The molecule has 4 amide bonds. The van der Waals surface area contributed by atoms with Crippen molar-refractivity contribution in [2.75, 3.05) is 26.7 Å². The van der Waals surface area contributed by atoms with Gasteiger partial charge in [0.15, 0.2) is 0 Å². The van der Waals surface area contributed by atoms with Crippen LogP contribution in [0.5, 0.6) is 5.75 Å². The van der Waals surface area contributed by atoms with E-state index in [1.807, 2.05) is 13.8 Å². The molecule has 38 heavy (non-hydrogen) atoms. The summed E-state index contributed by atoms with van der Waals surface area (Å²) in [6.07, 6.45) is 0.495. The summed E-state index contributed by atoms with van der Waals surface area (Å²) in [5, 5.41) is 8.14. The van der Waals surface area contributed by atoms with Crippen molar-refractivity contribution in [3.63, 3.8) is 0 Å². The summed E-state index contributed by atoms with van der Waals surface area (Å²) in [6.45, 7) is 4.52. The Morgan fingerprint density at radius 2 is 1.82 bits per heavy atom. The van der Waals surface area contributed by atoms with E-state index in [0.717, 1.165) is 5.56 Å². The Morgan fingerprint density at radius 3 is 2.53 bits per heavy atom. The SMILES string of the molecule is CC(C)C[C@H]1NC(=O)C[C@@H](C(=O)NCCc2ccc(F)cc2)NC(=O)c2ccccc2OCCN(C)C1=O. The summed E-state index contributed by atoms with van der Waals surface area (Å²) in [7, 11) is 1.63. The molecular weight excluding hydrogens is 491 g/mol. The Kier molecular flexibility index (Phi) is 10.2. The van der Waals surface area contributed by atoms with Gasteiger partial charge in [0.05, 0.1) is 18.5 Å². The Morgan fingerprint density at radius 1 is 1.11 bits per heavy atom. The molecule has 0 radical (unpaired) electrons. The van der Waals surface area contributed by atoms with Crippen LogP contribution in [0.2, 0.25) is 0 Å². The molecule has 2 aromatic rings. The number of amides is 4. The van der Waals surface area contributed by atoms with Crippen LogP contribution in [0.15, 0.2) is 48.5 Å². The topological polar surface area (TPSA) is 117 Å². The van der Waals surface area contributed by atoms with Gasteiger partial charge in [0.1, 0.15) is 30.3 Å². The number of fused-ring (bicyclic) bond motifs is 1. The first-order chi connectivity index (χ1) is 18.1. The number of para-hydroxylation sites is 1. The van der Waals surface area contributed by atoms with Crippen LogP contribution in [0.4, 0.5) is 4.39 Å². The van der Waals surface area contributed by atoms with E-state index in [0.29, 0.717) is 18.6 Å². The monoisotopic (exact) mass is 526 g/mol. The highest BCUT2D eigenvalue weighted by molar-refractivity contribution is 6.01. The number of nitrogens with one attached hydrogen (secondary N) is 3. The number of hydrogen-bond donors (Lipinski definition) is 3. The van der Waals surface area contributed by atoms with Gasteiger partial charge >= 0.3 is 0 Å². The minimum atomic E-state index is -1.20. The van der Waals surface area contributed by atoms with Gasteiger partial charge in [-0.05, 0) is 48.6 Å². The lowest BCUT2D eigenvalue weighted by Crippen LogP contribution is -2.53. The molecule has 1 heterocycles. The fourth-order valence-electron chi connectivity index (χ4n) is 4.13. The molecule has 0 saturated heterocycles. The van der Waals surface area contributed by atoms with Gasteiger partial charge in [-0.15, -0.1) is 0 Å². The van der Waals surface area contributed by atoms with E-state index in [4.69, 9.17) is 4.74 Å². The lowest BCUT2D eigenvalue weighted by molar-refractivity contribution is -0.136. The van der Waals surface area contributed by atoms with Gasteiger partial charge in [-0.1, -0.05) is 38.1 Å². The Bertz CT molecular complexity index is 1140. The van der Waals surface area contributed by atoms with Crippen LogP contribution in [-0.2, 0) is 20.8 Å². The average molecular weight is 527 g/mol. The molecule has 2 aromatic carbocycles. The van der Waals surface area contributed by atoms with Crippen molar-refractivity contribution >= 4 is 23.6 Å². The quantitative estimate of drug-likeness (QED) is 0.533. The molecule has 0 spiro atoms. The molecule has 3 N–H and O–H groups in total. The van der Waals surface area contributed by atoms with Crippen LogP contribution < -0.4 is 20.7 Å². The molecule has 0 aliphatic carbocycles. The molecule has 9 nitrogen and oxygen atoms in total. The Labute approximate surface area is 222 Å². The van der Waals surface area contributed by atoms with E-state index in [9.17, 15) is 23.6 Å². The molecule has 0 aromatic heterocycles. The maximum atomic E-state index is 13.2. The van der Waals surface area contributed by atoms with Crippen LogP contribution in [0.3, 0.4) is 0 Å². The van der Waals surface area contributed by atoms with Crippen molar-refractivity contribution < 1.29 is 28.3 Å². The number of likely N-dealkylation sites (N-methyl/N-ethyl adjacent to an activating group) is 1. The normalized spacial score (nSPS) is 19.1. The first-order valence-corrected chi connectivity index (χ1v) is 12.7. The Balaban J connectivity index is 1.81. The highest BCUT2D eigenvalue weighted by Gasteiger charge is 2.30. The van der Waals surface area contributed by atoms with Gasteiger partial charge in [0, 0.05) is 13.6 Å². The predicted molar refractivity (Wildman–Crippen MR) is 140 cm³/mol. The van der Waals surface area contributed by atoms with Crippen molar-refractivity contribution in [1.29, 1.82) is 0 Å². The standard InChI is InChI=1S/C28H35FN4O5/c1-18(2)16-23-28(37)33(3)14-15-38-24-7-5-4-6-21(24)26(35)32-22(17-25(34)31-23)27(36)30-13-12-19-8-10-20(29)11-9-19/h4-11,18,22-23H,12-17H2,1-3H3,(H,30,36)(H,31,34)(H,32,35)/t22-,23+/m0/s1. The molecular formula is C28H35FN4O5. The number of carbonyl (C=O) groups excluding carboxylic acids is 4. The van der Waals surface area contributed by atoms with Crippen molar-refractivity contribution in [2.24, 2.45) is 5.92 Å². The molecule has 0 fully saturated rings.